The summed E-state index contributed by atoms with van der Waals surface area (Å²) in [5, 5.41) is 0.0296. The number of carbonyl (C=O) groups excluding carboxylic acids is 1. The molecule has 0 saturated carbocycles. The van der Waals surface area contributed by atoms with Gasteiger partial charge in [-0.05, 0) is 18.2 Å². The Morgan fingerprint density at radius 3 is 2.50 bits per heavy atom. The molecule has 0 fully saturated rings. The Morgan fingerprint density at radius 1 is 1.12 bits per heavy atom. The number of pyridine rings is 3. The van der Waals surface area contributed by atoms with Gasteiger partial charge in [0.05, 0.1) is 32.6 Å². The van der Waals surface area contributed by atoms with E-state index < -0.39 is 49.6 Å². The second-order valence-corrected chi connectivity index (χ2v) is 10.0. The molecule has 0 spiro atoms. The van der Waals surface area contributed by atoms with Crippen LogP contribution < -0.4 is 4.90 Å². The van der Waals surface area contributed by atoms with Gasteiger partial charge in [0.1, 0.15) is 11.4 Å². The molecule has 3 aromatic rings. The van der Waals surface area contributed by atoms with Crippen molar-refractivity contribution in [2.24, 2.45) is 0 Å². The summed E-state index contributed by atoms with van der Waals surface area (Å²) >= 11 is 5.71. The lowest BCUT2D eigenvalue weighted by Gasteiger charge is -2.19. The second-order valence-electron chi connectivity index (χ2n) is 7.35. The van der Waals surface area contributed by atoms with Crippen LogP contribution in [0.1, 0.15) is 28.7 Å². The Morgan fingerprint density at radius 2 is 1.85 bits per heavy atom. The Bertz CT molecular complexity index is 1410. The summed E-state index contributed by atoms with van der Waals surface area (Å²) in [6, 6.07) is 2.85. The van der Waals surface area contributed by atoms with Gasteiger partial charge in [0.2, 0.25) is 0 Å². The van der Waals surface area contributed by atoms with Crippen molar-refractivity contribution in [3.05, 3.63) is 64.6 Å². The predicted molar refractivity (Wildman–Crippen MR) is 115 cm³/mol. The summed E-state index contributed by atoms with van der Waals surface area (Å²) in [6.45, 7) is 1.34. The molecule has 0 radical (unpaired) electrons. The summed E-state index contributed by atoms with van der Waals surface area (Å²) in [7, 11) is -4.05. The lowest BCUT2D eigenvalue weighted by atomic mass is 10.1. The molecule has 0 saturated heterocycles. The SMILES string of the molecule is CCS(=O)(=O)c1cc(-c2ncc(Cl)cc2F)cnc1C(=O)N1CCc2ncc(C(F)(F)F)cc21. The van der Waals surface area contributed by atoms with Gasteiger partial charge in [-0.2, -0.15) is 13.2 Å². The highest BCUT2D eigenvalue weighted by Gasteiger charge is 2.36. The summed E-state index contributed by atoms with van der Waals surface area (Å²) < 4.78 is 79.4. The molecule has 3 aromatic heterocycles. The standard InChI is InChI=1S/C21H15ClF4N4O3S/c1-2-34(32,33)17-5-11(18-14(23)7-13(22)10-29-18)8-28-19(17)20(31)30-4-3-15-16(30)6-12(9-27-15)21(24,25)26/h5-10H,2-4H2,1H3. The lowest BCUT2D eigenvalue weighted by Crippen LogP contribution is -2.31. The van der Waals surface area contributed by atoms with Crippen LogP contribution in [0.15, 0.2) is 41.7 Å². The Labute approximate surface area is 196 Å². The number of anilines is 1. The molecule has 0 bridgehead atoms. The van der Waals surface area contributed by atoms with Crippen LogP contribution in [0, 0.1) is 5.82 Å². The van der Waals surface area contributed by atoms with Gasteiger partial charge in [-0.15, -0.1) is 0 Å². The Hall–Kier alpha value is -3.12. The lowest BCUT2D eigenvalue weighted by molar-refractivity contribution is -0.137. The van der Waals surface area contributed by atoms with E-state index in [9.17, 15) is 30.8 Å². The number of amides is 1. The minimum absolute atomic E-state index is 0.00904. The van der Waals surface area contributed by atoms with E-state index in [2.05, 4.69) is 15.0 Å². The molecule has 0 aromatic carbocycles. The number of hydrogen-bond acceptors (Lipinski definition) is 6. The van der Waals surface area contributed by atoms with Crippen LogP contribution in [0.2, 0.25) is 5.02 Å². The fraction of sp³-hybridized carbons (Fsp3) is 0.238. The number of sulfone groups is 1. The molecule has 1 aliphatic heterocycles. The maximum atomic E-state index is 14.4. The summed E-state index contributed by atoms with van der Waals surface area (Å²) in [5.74, 6) is -2.14. The molecule has 7 nitrogen and oxygen atoms in total. The van der Waals surface area contributed by atoms with Crippen LogP contribution in [-0.2, 0) is 22.4 Å². The number of carbonyl (C=O) groups is 1. The van der Waals surface area contributed by atoms with Crippen molar-refractivity contribution in [1.82, 2.24) is 15.0 Å². The van der Waals surface area contributed by atoms with Gasteiger partial charge in [0.15, 0.2) is 15.7 Å². The fourth-order valence-corrected chi connectivity index (χ4v) is 4.69. The molecular weight excluding hydrogens is 500 g/mol. The van der Waals surface area contributed by atoms with Crippen LogP contribution >= 0.6 is 11.6 Å². The molecule has 34 heavy (non-hydrogen) atoms. The molecule has 0 N–H and O–H groups in total. The van der Waals surface area contributed by atoms with Crippen LogP contribution in [0.25, 0.3) is 11.3 Å². The number of alkyl halides is 3. The van der Waals surface area contributed by atoms with Gasteiger partial charge in [-0.25, -0.2) is 17.8 Å². The molecule has 178 valence electrons. The highest BCUT2D eigenvalue weighted by molar-refractivity contribution is 7.91. The zero-order valence-electron chi connectivity index (χ0n) is 17.4. The minimum atomic E-state index is -4.68. The van der Waals surface area contributed by atoms with E-state index in [4.69, 9.17) is 11.6 Å². The Balaban J connectivity index is 1.82. The van der Waals surface area contributed by atoms with E-state index in [1.165, 1.54) is 13.1 Å². The first-order chi connectivity index (χ1) is 15.9. The molecule has 1 aliphatic rings. The number of fused-ring (bicyclic) bond motifs is 1. The van der Waals surface area contributed by atoms with Crippen LogP contribution in [0.3, 0.4) is 0 Å². The minimum Gasteiger partial charge on any atom is -0.305 e. The van der Waals surface area contributed by atoms with E-state index in [0.717, 1.165) is 29.3 Å². The largest absolute Gasteiger partial charge is 0.417 e. The van der Waals surface area contributed by atoms with Crippen LogP contribution in [-0.4, -0.2) is 41.6 Å². The molecular formula is C21H15ClF4N4O3S. The third-order valence-corrected chi connectivity index (χ3v) is 7.18. The van der Waals surface area contributed by atoms with Crippen molar-refractivity contribution >= 4 is 33.0 Å². The maximum absolute atomic E-state index is 14.4. The van der Waals surface area contributed by atoms with Gasteiger partial charge in [0, 0.05) is 37.1 Å². The first-order valence-corrected chi connectivity index (χ1v) is 11.9. The van der Waals surface area contributed by atoms with Crippen molar-refractivity contribution in [1.29, 1.82) is 0 Å². The van der Waals surface area contributed by atoms with Gasteiger partial charge < -0.3 is 4.90 Å². The van der Waals surface area contributed by atoms with Crippen molar-refractivity contribution in [2.75, 3.05) is 17.2 Å². The van der Waals surface area contributed by atoms with Crippen LogP contribution in [0.4, 0.5) is 23.2 Å². The van der Waals surface area contributed by atoms with Crippen LogP contribution in [0.5, 0.6) is 0 Å². The molecule has 0 atom stereocenters. The van der Waals surface area contributed by atoms with Gasteiger partial charge in [-0.3, -0.25) is 14.8 Å². The van der Waals surface area contributed by atoms with E-state index in [1.54, 1.807) is 0 Å². The highest BCUT2D eigenvalue weighted by Crippen LogP contribution is 2.36. The number of nitrogens with zero attached hydrogens (tertiary/aromatic N) is 4. The maximum Gasteiger partial charge on any atom is 0.417 e. The van der Waals surface area contributed by atoms with Crippen molar-refractivity contribution < 1.29 is 30.8 Å². The monoisotopic (exact) mass is 514 g/mol. The predicted octanol–water partition coefficient (Wildman–Crippen LogP) is 4.35. The van der Waals surface area contributed by atoms with E-state index in [-0.39, 0.29) is 40.6 Å². The smallest absolute Gasteiger partial charge is 0.305 e. The van der Waals surface area contributed by atoms with Crippen molar-refractivity contribution in [2.45, 2.75) is 24.4 Å². The summed E-state index contributed by atoms with van der Waals surface area (Å²) in [6.07, 6.45) is -1.57. The van der Waals surface area contributed by atoms with E-state index in [1.807, 2.05) is 0 Å². The van der Waals surface area contributed by atoms with Gasteiger partial charge >= 0.3 is 6.18 Å². The first kappa shape index (κ1) is 24.0. The molecule has 1 amide bonds. The third-order valence-electron chi connectivity index (χ3n) is 5.23. The van der Waals surface area contributed by atoms with Gasteiger partial charge in [-0.1, -0.05) is 18.5 Å². The van der Waals surface area contributed by atoms with E-state index in [0.29, 0.717) is 6.20 Å². The average Bonchev–Trinajstić information content (AvgIpc) is 3.21. The molecule has 4 heterocycles. The summed E-state index contributed by atoms with van der Waals surface area (Å²) in [5.41, 5.74) is -1.58. The van der Waals surface area contributed by atoms with E-state index >= 15 is 0 Å². The second kappa shape index (κ2) is 8.58. The molecule has 0 aliphatic carbocycles. The van der Waals surface area contributed by atoms with Crippen molar-refractivity contribution in [3.8, 4) is 11.3 Å². The third kappa shape index (κ3) is 4.34. The summed E-state index contributed by atoms with van der Waals surface area (Å²) in [4.78, 5) is 25.4. The number of hydrogen-bond donors (Lipinski definition) is 0. The average molecular weight is 515 g/mol. The topological polar surface area (TPSA) is 93.1 Å². The molecule has 4 rings (SSSR count). The normalized spacial score (nSPS) is 13.8. The van der Waals surface area contributed by atoms with Gasteiger partial charge in [0.25, 0.3) is 5.91 Å². The number of aromatic nitrogens is 3. The quantitative estimate of drug-likeness (QED) is 0.481. The Kier molecular flexibility index (Phi) is 6.06. The molecule has 0 unspecified atom stereocenters. The fourth-order valence-electron chi connectivity index (χ4n) is 3.49. The van der Waals surface area contributed by atoms with Crippen molar-refractivity contribution in [3.63, 3.8) is 0 Å². The molecule has 13 heteroatoms. The highest BCUT2D eigenvalue weighted by atomic mass is 35.5. The first-order valence-electron chi connectivity index (χ1n) is 9.84. The number of halogens is 5. The number of rotatable bonds is 4. The zero-order chi connectivity index (χ0) is 24.8. The zero-order valence-corrected chi connectivity index (χ0v) is 19.0.